The summed E-state index contributed by atoms with van der Waals surface area (Å²) in [5.74, 6) is -0.0114. The molecule has 0 saturated carbocycles. The van der Waals surface area contributed by atoms with Crippen LogP contribution in [0.4, 0.5) is 0 Å². The molecule has 0 heterocycles. The molecule has 0 saturated heterocycles. The van der Waals surface area contributed by atoms with Crippen molar-refractivity contribution in [2.45, 2.75) is 27.3 Å². The minimum atomic E-state index is -0.0114. The standard InChI is InChI=1S/C17H19NO/c1-12-5-4-6-15(9-12)11-18-17(19)16-10-13(2)7-8-14(16)3/h4-10H,11H2,1-3H3,(H,18,19). The number of benzene rings is 2. The predicted molar refractivity (Wildman–Crippen MR) is 78.3 cm³/mol. The van der Waals surface area contributed by atoms with Gasteiger partial charge in [-0.1, -0.05) is 47.5 Å². The van der Waals surface area contributed by atoms with Crippen LogP contribution in [0.15, 0.2) is 42.5 Å². The lowest BCUT2D eigenvalue weighted by Gasteiger charge is -2.09. The molecule has 2 aromatic rings. The fourth-order valence-electron chi connectivity index (χ4n) is 2.08. The number of carbonyl (C=O) groups is 1. The maximum Gasteiger partial charge on any atom is 0.251 e. The number of hydrogen-bond donors (Lipinski definition) is 1. The summed E-state index contributed by atoms with van der Waals surface area (Å²) < 4.78 is 0. The molecule has 0 spiro atoms. The highest BCUT2D eigenvalue weighted by Gasteiger charge is 2.08. The summed E-state index contributed by atoms with van der Waals surface area (Å²) in [7, 11) is 0. The average molecular weight is 253 g/mol. The van der Waals surface area contributed by atoms with Crippen LogP contribution < -0.4 is 5.32 Å². The molecule has 19 heavy (non-hydrogen) atoms. The zero-order chi connectivity index (χ0) is 13.8. The lowest BCUT2D eigenvalue weighted by atomic mass is 10.0. The van der Waals surface area contributed by atoms with E-state index < -0.39 is 0 Å². The SMILES string of the molecule is Cc1cccc(CNC(=O)c2cc(C)ccc2C)c1. The van der Waals surface area contributed by atoms with Gasteiger partial charge in [-0.3, -0.25) is 4.79 Å². The molecular weight excluding hydrogens is 234 g/mol. The first-order valence-electron chi connectivity index (χ1n) is 6.47. The number of hydrogen-bond acceptors (Lipinski definition) is 1. The average Bonchev–Trinajstić information content (AvgIpc) is 2.39. The van der Waals surface area contributed by atoms with Crippen molar-refractivity contribution in [1.82, 2.24) is 5.32 Å². The smallest absolute Gasteiger partial charge is 0.251 e. The summed E-state index contributed by atoms with van der Waals surface area (Å²) in [6.07, 6.45) is 0. The molecule has 0 aliphatic rings. The quantitative estimate of drug-likeness (QED) is 0.890. The summed E-state index contributed by atoms with van der Waals surface area (Å²) in [4.78, 5) is 12.2. The summed E-state index contributed by atoms with van der Waals surface area (Å²) in [5, 5.41) is 2.97. The van der Waals surface area contributed by atoms with Gasteiger partial charge < -0.3 is 5.32 Å². The van der Waals surface area contributed by atoms with E-state index >= 15 is 0 Å². The third-order valence-electron chi connectivity index (χ3n) is 3.17. The van der Waals surface area contributed by atoms with E-state index in [-0.39, 0.29) is 5.91 Å². The van der Waals surface area contributed by atoms with Crippen LogP contribution in [0.3, 0.4) is 0 Å². The molecule has 2 nitrogen and oxygen atoms in total. The highest BCUT2D eigenvalue weighted by molar-refractivity contribution is 5.95. The van der Waals surface area contributed by atoms with Crippen LogP contribution in [0.2, 0.25) is 0 Å². The van der Waals surface area contributed by atoms with E-state index in [0.29, 0.717) is 6.54 Å². The molecule has 0 aliphatic carbocycles. The Bertz CT molecular complexity index is 602. The molecule has 1 N–H and O–H groups in total. The first-order valence-corrected chi connectivity index (χ1v) is 6.47. The Balaban J connectivity index is 2.07. The van der Waals surface area contributed by atoms with Crippen LogP contribution in [0.5, 0.6) is 0 Å². The van der Waals surface area contributed by atoms with E-state index in [2.05, 4.69) is 24.4 Å². The van der Waals surface area contributed by atoms with Crippen molar-refractivity contribution in [2.75, 3.05) is 0 Å². The number of nitrogens with one attached hydrogen (secondary N) is 1. The lowest BCUT2D eigenvalue weighted by Crippen LogP contribution is -2.23. The molecule has 98 valence electrons. The molecule has 0 bridgehead atoms. The second-order valence-corrected chi connectivity index (χ2v) is 4.99. The van der Waals surface area contributed by atoms with Gasteiger partial charge in [0.05, 0.1) is 0 Å². The largest absolute Gasteiger partial charge is 0.348 e. The molecule has 0 radical (unpaired) electrons. The van der Waals surface area contributed by atoms with Gasteiger partial charge >= 0.3 is 0 Å². The Morgan fingerprint density at radius 2 is 1.74 bits per heavy atom. The highest BCUT2D eigenvalue weighted by atomic mass is 16.1. The van der Waals surface area contributed by atoms with Gasteiger partial charge in [-0.25, -0.2) is 0 Å². The Labute approximate surface area is 114 Å². The van der Waals surface area contributed by atoms with Crippen molar-refractivity contribution in [1.29, 1.82) is 0 Å². The second-order valence-electron chi connectivity index (χ2n) is 4.99. The topological polar surface area (TPSA) is 29.1 Å². The number of rotatable bonds is 3. The fraction of sp³-hybridized carbons (Fsp3) is 0.235. The lowest BCUT2D eigenvalue weighted by molar-refractivity contribution is 0.0950. The Morgan fingerprint density at radius 3 is 2.47 bits per heavy atom. The maximum absolute atomic E-state index is 12.2. The zero-order valence-electron chi connectivity index (χ0n) is 11.7. The van der Waals surface area contributed by atoms with Crippen LogP contribution in [0, 0.1) is 20.8 Å². The van der Waals surface area contributed by atoms with Gasteiger partial charge in [-0.2, -0.15) is 0 Å². The fourth-order valence-corrected chi connectivity index (χ4v) is 2.08. The van der Waals surface area contributed by atoms with Crippen molar-refractivity contribution in [3.05, 3.63) is 70.3 Å². The molecular formula is C17H19NO. The third kappa shape index (κ3) is 3.44. The van der Waals surface area contributed by atoms with Crippen LogP contribution in [-0.2, 0) is 6.54 Å². The molecule has 0 aliphatic heterocycles. The van der Waals surface area contributed by atoms with E-state index in [0.717, 1.165) is 22.3 Å². The van der Waals surface area contributed by atoms with Crippen molar-refractivity contribution in [3.63, 3.8) is 0 Å². The third-order valence-corrected chi connectivity index (χ3v) is 3.17. The van der Waals surface area contributed by atoms with Gasteiger partial charge in [-0.15, -0.1) is 0 Å². The summed E-state index contributed by atoms with van der Waals surface area (Å²) in [6, 6.07) is 14.1. The van der Waals surface area contributed by atoms with Gasteiger partial charge in [0.2, 0.25) is 0 Å². The van der Waals surface area contributed by atoms with Gasteiger partial charge in [0.1, 0.15) is 0 Å². The van der Waals surface area contributed by atoms with Gasteiger partial charge in [0.15, 0.2) is 0 Å². The van der Waals surface area contributed by atoms with Crippen molar-refractivity contribution < 1.29 is 4.79 Å². The minimum Gasteiger partial charge on any atom is -0.348 e. The van der Waals surface area contributed by atoms with Crippen molar-refractivity contribution >= 4 is 5.91 Å². The van der Waals surface area contributed by atoms with E-state index in [1.165, 1.54) is 5.56 Å². The second kappa shape index (κ2) is 5.70. The number of aryl methyl sites for hydroxylation is 3. The molecule has 2 aromatic carbocycles. The van der Waals surface area contributed by atoms with E-state index in [4.69, 9.17) is 0 Å². The number of carbonyl (C=O) groups excluding carboxylic acids is 1. The predicted octanol–water partition coefficient (Wildman–Crippen LogP) is 3.54. The van der Waals surface area contributed by atoms with E-state index in [9.17, 15) is 4.79 Å². The van der Waals surface area contributed by atoms with Crippen LogP contribution in [0.25, 0.3) is 0 Å². The van der Waals surface area contributed by atoms with Gasteiger partial charge in [0, 0.05) is 12.1 Å². The Morgan fingerprint density at radius 1 is 1.00 bits per heavy atom. The van der Waals surface area contributed by atoms with Crippen LogP contribution in [-0.4, -0.2) is 5.91 Å². The molecule has 1 amide bonds. The Hall–Kier alpha value is -2.09. The van der Waals surface area contributed by atoms with Gasteiger partial charge in [0.25, 0.3) is 5.91 Å². The summed E-state index contributed by atoms with van der Waals surface area (Å²) in [5.41, 5.74) is 5.20. The summed E-state index contributed by atoms with van der Waals surface area (Å²) in [6.45, 7) is 6.57. The Kier molecular flexibility index (Phi) is 4.00. The zero-order valence-corrected chi connectivity index (χ0v) is 11.7. The summed E-state index contributed by atoms with van der Waals surface area (Å²) >= 11 is 0. The highest BCUT2D eigenvalue weighted by Crippen LogP contribution is 2.11. The van der Waals surface area contributed by atoms with Gasteiger partial charge in [-0.05, 0) is 38.0 Å². The molecule has 2 rings (SSSR count). The van der Waals surface area contributed by atoms with Crippen molar-refractivity contribution in [3.8, 4) is 0 Å². The minimum absolute atomic E-state index is 0.0114. The monoisotopic (exact) mass is 253 g/mol. The normalized spacial score (nSPS) is 10.3. The van der Waals surface area contributed by atoms with Crippen LogP contribution >= 0.6 is 0 Å². The molecule has 0 fully saturated rings. The number of amides is 1. The van der Waals surface area contributed by atoms with Crippen LogP contribution in [0.1, 0.15) is 32.6 Å². The first-order chi connectivity index (χ1) is 9.06. The van der Waals surface area contributed by atoms with E-state index in [1.54, 1.807) is 0 Å². The molecule has 0 aromatic heterocycles. The molecule has 0 unspecified atom stereocenters. The molecule has 2 heteroatoms. The first kappa shape index (κ1) is 13.3. The van der Waals surface area contributed by atoms with E-state index in [1.807, 2.05) is 44.2 Å². The van der Waals surface area contributed by atoms with Crippen molar-refractivity contribution in [2.24, 2.45) is 0 Å². The molecule has 0 atom stereocenters. The maximum atomic E-state index is 12.2.